The second-order valence-electron chi connectivity index (χ2n) is 4.43. The van der Waals surface area contributed by atoms with Crippen LogP contribution >= 0.6 is 28.8 Å². The smallest absolute Gasteiger partial charge is 0.279 e. The third kappa shape index (κ3) is 6.02. The summed E-state index contributed by atoms with van der Waals surface area (Å²) in [5.74, 6) is 0. The topological polar surface area (TPSA) is 110 Å². The van der Waals surface area contributed by atoms with Crippen molar-refractivity contribution < 1.29 is 13.0 Å². The van der Waals surface area contributed by atoms with E-state index in [0.717, 1.165) is 29.8 Å². The van der Waals surface area contributed by atoms with Crippen molar-refractivity contribution in [2.75, 3.05) is 19.6 Å². The molecule has 0 heterocycles. The summed E-state index contributed by atoms with van der Waals surface area (Å²) in [7, 11) is -3.84. The van der Waals surface area contributed by atoms with Gasteiger partial charge in [-0.2, -0.15) is 12.7 Å². The van der Waals surface area contributed by atoms with Crippen LogP contribution in [0.5, 0.6) is 0 Å². The summed E-state index contributed by atoms with van der Waals surface area (Å²) >= 11 is 1.02. The molecular formula is C10H27N4O3PS3. The maximum Gasteiger partial charge on any atom is 0.299 e. The highest BCUT2D eigenvalue weighted by Crippen LogP contribution is 2.68. The number of nitrogens with two attached hydrogens (primary N) is 2. The van der Waals surface area contributed by atoms with E-state index in [4.69, 9.17) is 10.3 Å². The molecule has 0 amide bonds. The van der Waals surface area contributed by atoms with Crippen molar-refractivity contribution in [3.63, 3.8) is 0 Å². The van der Waals surface area contributed by atoms with Gasteiger partial charge in [-0.3, -0.25) is 14.8 Å². The van der Waals surface area contributed by atoms with Crippen LogP contribution in [0.25, 0.3) is 0 Å². The molecule has 0 bridgehead atoms. The molecule has 0 rings (SSSR count). The van der Waals surface area contributed by atoms with Gasteiger partial charge in [0, 0.05) is 42.8 Å². The summed E-state index contributed by atoms with van der Waals surface area (Å²) in [6.45, 7) is 6.54. The van der Waals surface area contributed by atoms with Gasteiger partial charge in [0.2, 0.25) is 0 Å². The lowest BCUT2D eigenvalue weighted by molar-refractivity contribution is 0.371. The van der Waals surface area contributed by atoms with Crippen molar-refractivity contribution >= 4 is 39.0 Å². The first kappa shape index (κ1) is 21.7. The lowest BCUT2D eigenvalue weighted by atomic mass is 10.3. The molecule has 0 aromatic rings. The minimum atomic E-state index is -3.84. The Balaban J connectivity index is 5.44. The van der Waals surface area contributed by atoms with E-state index in [9.17, 15) is 13.0 Å². The zero-order valence-corrected chi connectivity index (χ0v) is 16.2. The summed E-state index contributed by atoms with van der Waals surface area (Å²) < 4.78 is 40.5. The zero-order chi connectivity index (χ0) is 16.5. The molecule has 0 aromatic carbocycles. The average molecular weight is 379 g/mol. The van der Waals surface area contributed by atoms with E-state index in [1.165, 1.54) is 4.31 Å². The van der Waals surface area contributed by atoms with Gasteiger partial charge in [0.25, 0.3) is 15.9 Å². The molecule has 11 heteroatoms. The van der Waals surface area contributed by atoms with Crippen LogP contribution in [0.15, 0.2) is 0 Å². The number of hydrogen-bond donors (Lipinski definition) is 2. The molecule has 0 unspecified atom stereocenters. The first-order valence-corrected chi connectivity index (χ1v) is 13.0. The van der Waals surface area contributed by atoms with Crippen LogP contribution in [-0.4, -0.2) is 36.4 Å². The highest BCUT2D eigenvalue weighted by molar-refractivity contribution is 8.89. The lowest BCUT2D eigenvalue weighted by Gasteiger charge is -2.32. The molecule has 0 fully saturated rings. The second-order valence-corrected chi connectivity index (χ2v) is 13.3. The Hall–Kier alpha value is 0.720. The molecule has 0 radical (unpaired) electrons. The molecule has 4 N–H and O–H groups in total. The van der Waals surface area contributed by atoms with Crippen molar-refractivity contribution in [3.05, 3.63) is 0 Å². The Morgan fingerprint density at radius 2 is 1.43 bits per heavy atom. The average Bonchev–Trinajstić information content (AvgIpc) is 2.47. The van der Waals surface area contributed by atoms with Crippen molar-refractivity contribution in [2.45, 2.75) is 46.5 Å². The van der Waals surface area contributed by atoms with Crippen LogP contribution < -0.4 is 10.3 Å². The van der Waals surface area contributed by atoms with Gasteiger partial charge < -0.3 is 0 Å². The van der Waals surface area contributed by atoms with Crippen LogP contribution in [0.3, 0.4) is 0 Å². The highest BCUT2D eigenvalue weighted by atomic mass is 33.1. The first-order valence-electron chi connectivity index (χ1n) is 6.99. The molecule has 0 saturated carbocycles. The second kappa shape index (κ2) is 10.5. The lowest BCUT2D eigenvalue weighted by Crippen LogP contribution is -2.42. The van der Waals surface area contributed by atoms with E-state index in [0.29, 0.717) is 36.2 Å². The Kier molecular flexibility index (Phi) is 10.8. The van der Waals surface area contributed by atoms with Crippen LogP contribution in [0.1, 0.15) is 46.5 Å². The fourth-order valence-electron chi connectivity index (χ4n) is 1.74. The molecule has 7 nitrogen and oxygen atoms in total. The van der Waals surface area contributed by atoms with Crippen molar-refractivity contribution in [3.8, 4) is 0 Å². The predicted octanol–water partition coefficient (Wildman–Crippen LogP) is 2.78. The first-order chi connectivity index (χ1) is 9.83. The van der Waals surface area contributed by atoms with Gasteiger partial charge in [0.15, 0.2) is 0 Å². The molecule has 0 saturated heterocycles. The molecule has 0 aliphatic carbocycles. The Morgan fingerprint density at radius 1 is 1.00 bits per heavy atom. The van der Waals surface area contributed by atoms with E-state index >= 15 is 0 Å². The predicted molar refractivity (Wildman–Crippen MR) is 93.9 cm³/mol. The van der Waals surface area contributed by atoms with Gasteiger partial charge in [-0.15, -0.1) is 4.08 Å². The van der Waals surface area contributed by atoms with Crippen molar-refractivity contribution in [1.29, 1.82) is 0 Å². The number of unbranched alkanes of at least 4 members (excludes halogenated alkanes) is 2. The number of rotatable bonds is 12. The largest absolute Gasteiger partial charge is 0.299 e. The van der Waals surface area contributed by atoms with Gasteiger partial charge in [0.05, 0.1) is 0 Å². The van der Waals surface area contributed by atoms with Gasteiger partial charge in [-0.1, -0.05) is 33.6 Å². The molecular weight excluding hydrogens is 351 g/mol. The Bertz CT molecular complexity index is 419. The van der Waals surface area contributed by atoms with Crippen molar-refractivity contribution in [2.24, 2.45) is 10.3 Å². The fourth-order valence-corrected chi connectivity index (χ4v) is 9.11. The monoisotopic (exact) mass is 378 g/mol. The maximum atomic E-state index is 12.8. The van der Waals surface area contributed by atoms with E-state index in [1.807, 2.05) is 13.8 Å². The standard InChI is InChI=1S/C10H27N4O3PS3/c1-4-7-9-13(10-8-5-2)21(16,17)14(6-3)18(15,19-11)20-12/h4-12H2,1-3H3. The summed E-state index contributed by atoms with van der Waals surface area (Å²) in [5.41, 5.74) is -3.44. The maximum absolute atomic E-state index is 12.8. The molecule has 0 atom stereocenters. The van der Waals surface area contributed by atoms with E-state index in [-0.39, 0.29) is 6.54 Å². The van der Waals surface area contributed by atoms with Gasteiger partial charge in [0.1, 0.15) is 0 Å². The minimum absolute atomic E-state index is 0.0722. The summed E-state index contributed by atoms with van der Waals surface area (Å²) in [6, 6.07) is 0. The van der Waals surface area contributed by atoms with Crippen LogP contribution in [0.4, 0.5) is 0 Å². The molecule has 0 aromatic heterocycles. The van der Waals surface area contributed by atoms with Crippen LogP contribution in [0.2, 0.25) is 0 Å². The summed E-state index contributed by atoms with van der Waals surface area (Å²) in [5, 5.41) is 10.8. The third-order valence-corrected chi connectivity index (χ3v) is 12.4. The number of hydrogen-bond acceptors (Lipinski definition) is 7. The third-order valence-electron chi connectivity index (χ3n) is 2.92. The van der Waals surface area contributed by atoms with Gasteiger partial charge >= 0.3 is 0 Å². The fraction of sp³-hybridized carbons (Fsp3) is 1.00. The molecule has 21 heavy (non-hydrogen) atoms. The minimum Gasteiger partial charge on any atom is -0.279 e. The molecule has 0 aliphatic heterocycles. The highest BCUT2D eigenvalue weighted by Gasteiger charge is 2.41. The van der Waals surface area contributed by atoms with Gasteiger partial charge in [-0.25, -0.2) is 0 Å². The quantitative estimate of drug-likeness (QED) is 0.397. The van der Waals surface area contributed by atoms with Crippen molar-refractivity contribution in [1.82, 2.24) is 8.38 Å². The van der Waals surface area contributed by atoms with E-state index < -0.39 is 15.9 Å². The number of nitrogens with zero attached hydrogens (tertiary/aromatic N) is 2. The van der Waals surface area contributed by atoms with E-state index in [2.05, 4.69) is 0 Å². The molecule has 0 spiro atoms. The summed E-state index contributed by atoms with van der Waals surface area (Å²) in [6.07, 6.45) is 3.30. The van der Waals surface area contributed by atoms with Crippen LogP contribution in [0, 0.1) is 0 Å². The van der Waals surface area contributed by atoms with Gasteiger partial charge in [-0.05, 0) is 12.8 Å². The van der Waals surface area contributed by atoms with Crippen LogP contribution in [-0.2, 0) is 14.8 Å². The normalized spacial score (nSPS) is 13.3. The zero-order valence-electron chi connectivity index (χ0n) is 12.9. The Labute approximate surface area is 136 Å². The SMILES string of the molecule is CCCCN(CCCC)S(=O)(=O)N(CC)P(=O)(SN)SN. The molecule has 0 aliphatic rings. The Morgan fingerprint density at radius 3 is 1.71 bits per heavy atom. The molecule has 128 valence electrons. The van der Waals surface area contributed by atoms with E-state index in [1.54, 1.807) is 6.92 Å². The summed E-state index contributed by atoms with van der Waals surface area (Å²) in [4.78, 5) is 0.